The van der Waals surface area contributed by atoms with E-state index in [1.165, 1.54) is 12.1 Å². The van der Waals surface area contributed by atoms with Gasteiger partial charge < -0.3 is 15.6 Å². The molecule has 0 aliphatic carbocycles. The van der Waals surface area contributed by atoms with Gasteiger partial charge in [-0.05, 0) is 60.5 Å². The van der Waals surface area contributed by atoms with Crippen LogP contribution in [0.3, 0.4) is 0 Å². The fourth-order valence-corrected chi connectivity index (χ4v) is 3.14. The molecule has 3 N–H and O–H groups in total. The molecule has 0 bridgehead atoms. The van der Waals surface area contributed by atoms with Gasteiger partial charge >= 0.3 is 0 Å². The van der Waals surface area contributed by atoms with Crippen LogP contribution < -0.4 is 10.5 Å². The first kappa shape index (κ1) is 21.2. The van der Waals surface area contributed by atoms with Crippen LogP contribution in [-0.4, -0.2) is 18.3 Å². The topological polar surface area (TPSA) is 55.5 Å². The van der Waals surface area contributed by atoms with Crippen molar-refractivity contribution in [3.05, 3.63) is 47.8 Å². The van der Waals surface area contributed by atoms with Crippen LogP contribution >= 0.6 is 0 Å². The van der Waals surface area contributed by atoms with Gasteiger partial charge in [-0.1, -0.05) is 45.7 Å². The van der Waals surface area contributed by atoms with E-state index in [9.17, 15) is 9.50 Å². The molecule has 0 atom stereocenters. The first-order valence-corrected chi connectivity index (χ1v) is 9.81. The number of phenols is 1. The van der Waals surface area contributed by atoms with Crippen molar-refractivity contribution in [2.24, 2.45) is 11.1 Å². The van der Waals surface area contributed by atoms with Crippen molar-refractivity contribution in [2.75, 3.05) is 13.2 Å². The van der Waals surface area contributed by atoms with Crippen molar-refractivity contribution >= 4 is 0 Å². The summed E-state index contributed by atoms with van der Waals surface area (Å²) in [6.45, 7) is 7.76. The van der Waals surface area contributed by atoms with Crippen molar-refractivity contribution in [1.29, 1.82) is 0 Å². The van der Waals surface area contributed by atoms with Crippen LogP contribution in [0.4, 0.5) is 4.39 Å². The third kappa shape index (κ3) is 6.24. The average molecular weight is 374 g/mol. The second kappa shape index (κ2) is 9.75. The SMILES string of the molecule is CCc1cc(OCCCCCC(C)(C)CN)cc(O)c1-c1ccc(F)cc1. The van der Waals surface area contributed by atoms with Gasteiger partial charge in [-0.3, -0.25) is 0 Å². The van der Waals surface area contributed by atoms with E-state index in [2.05, 4.69) is 13.8 Å². The molecule has 3 nitrogen and oxygen atoms in total. The molecule has 0 radical (unpaired) electrons. The third-order valence-electron chi connectivity index (χ3n) is 5.01. The maximum Gasteiger partial charge on any atom is 0.127 e. The van der Waals surface area contributed by atoms with Crippen LogP contribution in [0.2, 0.25) is 0 Å². The number of halogens is 1. The molecule has 0 fully saturated rings. The van der Waals surface area contributed by atoms with E-state index in [1.54, 1.807) is 18.2 Å². The van der Waals surface area contributed by atoms with Gasteiger partial charge in [0, 0.05) is 11.6 Å². The fraction of sp³-hybridized carbons (Fsp3) is 0.478. The molecule has 0 unspecified atom stereocenters. The Morgan fingerprint density at radius 2 is 1.78 bits per heavy atom. The van der Waals surface area contributed by atoms with Crippen LogP contribution in [0.15, 0.2) is 36.4 Å². The Morgan fingerprint density at radius 1 is 1.07 bits per heavy atom. The number of aromatic hydroxyl groups is 1. The first-order valence-electron chi connectivity index (χ1n) is 9.81. The van der Waals surface area contributed by atoms with Crippen LogP contribution in [0, 0.1) is 11.2 Å². The van der Waals surface area contributed by atoms with Crippen LogP contribution in [0.5, 0.6) is 11.5 Å². The van der Waals surface area contributed by atoms with E-state index < -0.39 is 0 Å². The van der Waals surface area contributed by atoms with Crippen molar-refractivity contribution in [3.63, 3.8) is 0 Å². The van der Waals surface area contributed by atoms with E-state index in [0.29, 0.717) is 18.9 Å². The van der Waals surface area contributed by atoms with Gasteiger partial charge in [-0.15, -0.1) is 0 Å². The van der Waals surface area contributed by atoms with Crippen LogP contribution in [0.1, 0.15) is 52.0 Å². The minimum absolute atomic E-state index is 0.167. The Morgan fingerprint density at radius 3 is 2.41 bits per heavy atom. The largest absolute Gasteiger partial charge is 0.507 e. The fourth-order valence-electron chi connectivity index (χ4n) is 3.14. The summed E-state index contributed by atoms with van der Waals surface area (Å²) in [7, 11) is 0. The molecule has 2 aromatic carbocycles. The summed E-state index contributed by atoms with van der Waals surface area (Å²) in [5.74, 6) is 0.559. The standard InChI is InChI=1S/C23H32FNO2/c1-4-17-14-20(27-13-7-5-6-12-23(2,3)16-25)15-21(26)22(17)18-8-10-19(24)11-9-18/h8-11,14-15,26H,4-7,12-13,16,25H2,1-3H3. The molecule has 0 aliphatic heterocycles. The van der Waals surface area contributed by atoms with Crippen molar-refractivity contribution < 1.29 is 14.2 Å². The van der Waals surface area contributed by atoms with E-state index >= 15 is 0 Å². The van der Waals surface area contributed by atoms with E-state index in [1.807, 2.05) is 13.0 Å². The molecule has 2 aromatic rings. The van der Waals surface area contributed by atoms with Crippen molar-refractivity contribution in [1.82, 2.24) is 0 Å². The molecule has 0 saturated carbocycles. The molecule has 2 rings (SSSR count). The number of ether oxygens (including phenoxy) is 1. The predicted molar refractivity (Wildman–Crippen MR) is 110 cm³/mol. The second-order valence-corrected chi connectivity index (χ2v) is 7.86. The van der Waals surface area contributed by atoms with Gasteiger partial charge in [0.2, 0.25) is 0 Å². The zero-order valence-electron chi connectivity index (χ0n) is 16.7. The molecule has 27 heavy (non-hydrogen) atoms. The number of rotatable bonds is 10. The molecule has 0 amide bonds. The van der Waals surface area contributed by atoms with E-state index in [-0.39, 0.29) is 17.0 Å². The lowest BCUT2D eigenvalue weighted by Gasteiger charge is -2.21. The molecule has 0 aliphatic rings. The Bertz CT molecular complexity index is 726. The van der Waals surface area contributed by atoms with Crippen LogP contribution in [-0.2, 0) is 6.42 Å². The van der Waals surface area contributed by atoms with Gasteiger partial charge in [0.15, 0.2) is 0 Å². The Kier molecular flexibility index (Phi) is 7.66. The summed E-state index contributed by atoms with van der Waals surface area (Å²) in [5.41, 5.74) is 8.50. The smallest absolute Gasteiger partial charge is 0.127 e. The van der Waals surface area contributed by atoms with Gasteiger partial charge in [0.1, 0.15) is 17.3 Å². The van der Waals surface area contributed by atoms with Crippen molar-refractivity contribution in [3.8, 4) is 22.6 Å². The van der Waals surface area contributed by atoms with Gasteiger partial charge in [0.25, 0.3) is 0 Å². The maximum atomic E-state index is 13.2. The Labute approximate surface area is 162 Å². The van der Waals surface area contributed by atoms with Gasteiger partial charge in [0.05, 0.1) is 6.61 Å². The Hall–Kier alpha value is -2.07. The zero-order valence-corrected chi connectivity index (χ0v) is 16.7. The van der Waals surface area contributed by atoms with Gasteiger partial charge in [-0.25, -0.2) is 4.39 Å². The highest BCUT2D eigenvalue weighted by molar-refractivity contribution is 5.75. The van der Waals surface area contributed by atoms with Crippen LogP contribution in [0.25, 0.3) is 11.1 Å². The first-order chi connectivity index (χ1) is 12.9. The summed E-state index contributed by atoms with van der Waals surface area (Å²) in [4.78, 5) is 0. The number of nitrogens with two attached hydrogens (primary N) is 1. The number of phenolic OH excluding ortho intramolecular Hbond substituents is 1. The van der Waals surface area contributed by atoms with E-state index in [0.717, 1.165) is 48.8 Å². The number of hydrogen-bond donors (Lipinski definition) is 2. The average Bonchev–Trinajstić information content (AvgIpc) is 2.65. The molecule has 0 spiro atoms. The lowest BCUT2D eigenvalue weighted by Crippen LogP contribution is -2.23. The monoisotopic (exact) mass is 373 g/mol. The molecular formula is C23H32FNO2. The highest BCUT2D eigenvalue weighted by Crippen LogP contribution is 2.37. The molecule has 0 heterocycles. The van der Waals surface area contributed by atoms with E-state index in [4.69, 9.17) is 10.5 Å². The zero-order chi connectivity index (χ0) is 19.9. The van der Waals surface area contributed by atoms with Crippen molar-refractivity contribution in [2.45, 2.75) is 52.9 Å². The number of hydrogen-bond acceptors (Lipinski definition) is 3. The summed E-state index contributed by atoms with van der Waals surface area (Å²) in [6.07, 6.45) is 5.09. The summed E-state index contributed by atoms with van der Waals surface area (Å²) < 4.78 is 19.0. The molecule has 0 aromatic heterocycles. The summed E-state index contributed by atoms with van der Waals surface area (Å²) in [6, 6.07) is 9.81. The number of benzene rings is 2. The molecular weight excluding hydrogens is 341 g/mol. The molecule has 148 valence electrons. The summed E-state index contributed by atoms with van der Waals surface area (Å²) >= 11 is 0. The Balaban J connectivity index is 1.95. The highest BCUT2D eigenvalue weighted by atomic mass is 19.1. The van der Waals surface area contributed by atoms with Gasteiger partial charge in [-0.2, -0.15) is 0 Å². The number of unbranched alkanes of at least 4 members (excludes halogenated alkanes) is 2. The highest BCUT2D eigenvalue weighted by Gasteiger charge is 2.15. The normalized spacial score (nSPS) is 11.6. The molecule has 4 heteroatoms. The minimum Gasteiger partial charge on any atom is -0.507 e. The number of aryl methyl sites for hydroxylation is 1. The lowest BCUT2D eigenvalue weighted by atomic mass is 9.87. The lowest BCUT2D eigenvalue weighted by molar-refractivity contribution is 0.288. The molecule has 0 saturated heterocycles. The maximum absolute atomic E-state index is 13.2. The minimum atomic E-state index is -0.286. The quantitative estimate of drug-likeness (QED) is 0.526. The second-order valence-electron chi connectivity index (χ2n) is 7.86. The summed E-state index contributed by atoms with van der Waals surface area (Å²) in [5, 5.41) is 10.5. The third-order valence-corrected chi connectivity index (χ3v) is 5.01. The predicted octanol–water partition coefficient (Wildman–Crippen LogP) is 5.68.